The highest BCUT2D eigenvalue weighted by Gasteiger charge is 2.15. The Morgan fingerprint density at radius 1 is 0.532 bits per heavy atom. The summed E-state index contributed by atoms with van der Waals surface area (Å²) in [5.41, 5.74) is 10.6. The third-order valence-electron chi connectivity index (χ3n) is 8.39. The summed E-state index contributed by atoms with van der Waals surface area (Å²) in [7, 11) is 0. The van der Waals surface area contributed by atoms with Gasteiger partial charge in [-0.2, -0.15) is 10.5 Å². The molecule has 7 rings (SSSR count). The van der Waals surface area contributed by atoms with E-state index < -0.39 is 0 Å². The number of benzene rings is 5. The molecule has 0 N–H and O–H groups in total. The lowest BCUT2D eigenvalue weighted by molar-refractivity contribution is 1.26. The standard InChI is InChI=1S/C43H28N4/c1-2-3-4-7-37-26-42(36-17-16-31-22-32(14-15-33(31)23-36)35-19-21-47-39(25-35)28-45)40-8-5-6-9-41(40)43(37)30-12-10-29(11-13-30)34-18-20-46-38(24-34)27-44/h2-26H,1H3/b3-2-,7-4-. The summed E-state index contributed by atoms with van der Waals surface area (Å²) >= 11 is 0. The summed E-state index contributed by atoms with van der Waals surface area (Å²) in [6, 6.07) is 44.2. The molecule has 0 amide bonds. The first kappa shape index (κ1) is 29.1. The molecule has 220 valence electrons. The molecule has 0 saturated heterocycles. The van der Waals surface area contributed by atoms with Gasteiger partial charge in [-0.3, -0.25) is 0 Å². The van der Waals surface area contributed by atoms with Gasteiger partial charge in [-0.1, -0.05) is 97.1 Å². The van der Waals surface area contributed by atoms with Crippen LogP contribution < -0.4 is 0 Å². The molecule has 7 aromatic rings. The van der Waals surface area contributed by atoms with Crippen LogP contribution in [0, 0.1) is 22.7 Å². The lowest BCUT2D eigenvalue weighted by Crippen LogP contribution is -1.92. The van der Waals surface area contributed by atoms with Crippen molar-refractivity contribution in [3.63, 3.8) is 0 Å². The van der Waals surface area contributed by atoms with E-state index in [-0.39, 0.29) is 0 Å². The number of pyridine rings is 2. The van der Waals surface area contributed by atoms with Gasteiger partial charge in [0.05, 0.1) is 0 Å². The molecule has 0 bridgehead atoms. The minimum absolute atomic E-state index is 0.404. The Hall–Kier alpha value is -6.62. The molecule has 0 radical (unpaired) electrons. The molecule has 0 aliphatic carbocycles. The van der Waals surface area contributed by atoms with Gasteiger partial charge in [-0.05, 0) is 121 Å². The fraction of sp³-hybridized carbons (Fsp3) is 0.0233. The van der Waals surface area contributed by atoms with Gasteiger partial charge >= 0.3 is 0 Å². The summed E-state index contributed by atoms with van der Waals surface area (Å²) in [6.07, 6.45) is 11.7. The van der Waals surface area contributed by atoms with Crippen LogP contribution >= 0.6 is 0 Å². The second-order valence-corrected chi connectivity index (χ2v) is 11.3. The molecule has 0 saturated carbocycles. The van der Waals surface area contributed by atoms with Crippen molar-refractivity contribution in [3.05, 3.63) is 163 Å². The van der Waals surface area contributed by atoms with Crippen molar-refractivity contribution < 1.29 is 0 Å². The molecule has 2 heterocycles. The molecule has 47 heavy (non-hydrogen) atoms. The van der Waals surface area contributed by atoms with Crippen molar-refractivity contribution >= 4 is 27.6 Å². The van der Waals surface area contributed by atoms with Crippen molar-refractivity contribution in [2.24, 2.45) is 0 Å². The Morgan fingerprint density at radius 2 is 1.09 bits per heavy atom. The van der Waals surface area contributed by atoms with Gasteiger partial charge in [-0.25, -0.2) is 9.97 Å². The number of nitrogens with zero attached hydrogens (tertiary/aromatic N) is 4. The SMILES string of the molecule is C/C=C\C=C/c1cc(-c2ccc3cc(-c4ccnc(C#N)c4)ccc3c2)c2ccccc2c1-c1ccc(-c2ccnc(C#N)c2)cc1. The number of aromatic nitrogens is 2. The highest BCUT2D eigenvalue weighted by molar-refractivity contribution is 6.09. The third-order valence-corrected chi connectivity index (χ3v) is 8.39. The zero-order chi connectivity index (χ0) is 32.2. The molecule has 0 aliphatic heterocycles. The zero-order valence-corrected chi connectivity index (χ0v) is 25.7. The summed E-state index contributed by atoms with van der Waals surface area (Å²) in [5.74, 6) is 0. The number of nitriles is 2. The van der Waals surface area contributed by atoms with Gasteiger partial charge < -0.3 is 0 Å². The number of allylic oxidation sites excluding steroid dienone is 3. The fourth-order valence-corrected chi connectivity index (χ4v) is 6.12. The average molecular weight is 601 g/mol. The monoisotopic (exact) mass is 600 g/mol. The largest absolute Gasteiger partial charge is 0.246 e. The van der Waals surface area contributed by atoms with Crippen molar-refractivity contribution in [1.82, 2.24) is 9.97 Å². The molecule has 0 fully saturated rings. The van der Waals surface area contributed by atoms with Gasteiger partial charge in [0.2, 0.25) is 0 Å². The lowest BCUT2D eigenvalue weighted by atomic mass is 9.87. The second kappa shape index (κ2) is 12.8. The van der Waals surface area contributed by atoms with Crippen LogP contribution in [0.4, 0.5) is 0 Å². The summed E-state index contributed by atoms with van der Waals surface area (Å²) in [4.78, 5) is 8.23. The van der Waals surface area contributed by atoms with Crippen LogP contribution in [0.15, 0.2) is 146 Å². The fourth-order valence-electron chi connectivity index (χ4n) is 6.12. The van der Waals surface area contributed by atoms with Crippen molar-refractivity contribution in [1.29, 1.82) is 10.5 Å². The Morgan fingerprint density at radius 3 is 1.74 bits per heavy atom. The summed E-state index contributed by atoms with van der Waals surface area (Å²) in [5, 5.41) is 23.2. The van der Waals surface area contributed by atoms with Gasteiger partial charge in [0.15, 0.2) is 0 Å². The molecular formula is C43H28N4. The van der Waals surface area contributed by atoms with Crippen LogP contribution in [-0.4, -0.2) is 9.97 Å². The van der Waals surface area contributed by atoms with E-state index in [2.05, 4.69) is 125 Å². The van der Waals surface area contributed by atoms with E-state index in [0.29, 0.717) is 11.4 Å². The first-order chi connectivity index (χ1) is 23.1. The highest BCUT2D eigenvalue weighted by Crippen LogP contribution is 2.41. The van der Waals surface area contributed by atoms with Crippen molar-refractivity contribution in [2.45, 2.75) is 6.92 Å². The van der Waals surface area contributed by atoms with Gasteiger partial charge in [0.25, 0.3) is 0 Å². The Kier molecular flexibility index (Phi) is 7.91. The van der Waals surface area contributed by atoms with Crippen LogP contribution in [0.25, 0.3) is 72.1 Å². The minimum atomic E-state index is 0.404. The van der Waals surface area contributed by atoms with Crippen molar-refractivity contribution in [2.75, 3.05) is 0 Å². The minimum Gasteiger partial charge on any atom is -0.246 e. The van der Waals surface area contributed by atoms with Crippen LogP contribution in [0.5, 0.6) is 0 Å². The average Bonchev–Trinajstić information content (AvgIpc) is 3.14. The van der Waals surface area contributed by atoms with E-state index in [1.54, 1.807) is 12.4 Å². The van der Waals surface area contributed by atoms with Gasteiger partial charge in [-0.15, -0.1) is 0 Å². The highest BCUT2D eigenvalue weighted by atomic mass is 14.7. The number of rotatable bonds is 6. The van der Waals surface area contributed by atoms with E-state index in [4.69, 9.17) is 0 Å². The molecule has 4 heteroatoms. The maximum absolute atomic E-state index is 9.31. The molecule has 4 nitrogen and oxygen atoms in total. The first-order valence-electron chi connectivity index (χ1n) is 15.4. The predicted molar refractivity (Wildman–Crippen MR) is 192 cm³/mol. The molecular weight excluding hydrogens is 573 g/mol. The van der Waals surface area contributed by atoms with E-state index in [9.17, 15) is 10.5 Å². The molecule has 0 unspecified atom stereocenters. The van der Waals surface area contributed by atoms with Crippen LogP contribution in [0.3, 0.4) is 0 Å². The van der Waals surface area contributed by atoms with E-state index in [0.717, 1.165) is 49.7 Å². The molecule has 2 aromatic heterocycles. The smallest absolute Gasteiger partial charge is 0.141 e. The Labute approximate surface area is 273 Å². The van der Waals surface area contributed by atoms with E-state index in [1.165, 1.54) is 21.9 Å². The summed E-state index contributed by atoms with van der Waals surface area (Å²) < 4.78 is 0. The topological polar surface area (TPSA) is 73.4 Å². The summed E-state index contributed by atoms with van der Waals surface area (Å²) in [6.45, 7) is 2.02. The first-order valence-corrected chi connectivity index (χ1v) is 15.4. The molecule has 0 spiro atoms. The molecule has 0 atom stereocenters. The Bertz CT molecular complexity index is 2440. The zero-order valence-electron chi connectivity index (χ0n) is 25.7. The predicted octanol–water partition coefficient (Wildman–Crippen LogP) is 10.8. The van der Waals surface area contributed by atoms with Crippen LogP contribution in [-0.2, 0) is 0 Å². The maximum atomic E-state index is 9.31. The molecule has 0 aliphatic rings. The number of fused-ring (bicyclic) bond motifs is 2. The normalized spacial score (nSPS) is 11.3. The molecule has 5 aromatic carbocycles. The number of hydrogen-bond donors (Lipinski definition) is 0. The lowest BCUT2D eigenvalue weighted by Gasteiger charge is -2.17. The quantitative estimate of drug-likeness (QED) is 0.178. The second-order valence-electron chi connectivity index (χ2n) is 11.3. The van der Waals surface area contributed by atoms with Gasteiger partial charge in [0.1, 0.15) is 23.5 Å². The third kappa shape index (κ3) is 5.80. The van der Waals surface area contributed by atoms with Gasteiger partial charge in [0, 0.05) is 12.4 Å². The Balaban J connectivity index is 1.35. The van der Waals surface area contributed by atoms with Crippen molar-refractivity contribution in [3.8, 4) is 56.6 Å². The maximum Gasteiger partial charge on any atom is 0.141 e. The van der Waals surface area contributed by atoms with Crippen LogP contribution in [0.2, 0.25) is 0 Å². The number of hydrogen-bond acceptors (Lipinski definition) is 4. The van der Waals surface area contributed by atoms with Crippen LogP contribution in [0.1, 0.15) is 23.9 Å². The van der Waals surface area contributed by atoms with E-state index >= 15 is 0 Å². The van der Waals surface area contributed by atoms with E-state index in [1.807, 2.05) is 43.3 Å².